The van der Waals surface area contributed by atoms with Gasteiger partial charge in [0.25, 0.3) is 0 Å². The minimum absolute atomic E-state index is 0.0173. The van der Waals surface area contributed by atoms with Crippen LogP contribution in [0.2, 0.25) is 0 Å². The molecule has 2 aliphatic heterocycles. The number of urea groups is 2. The van der Waals surface area contributed by atoms with Gasteiger partial charge in [-0.05, 0) is 12.8 Å². The van der Waals surface area contributed by atoms with E-state index in [0.717, 1.165) is 12.8 Å². The maximum atomic E-state index is 12.7. The number of hydrogen-bond acceptors (Lipinski definition) is 4. The van der Waals surface area contributed by atoms with Crippen LogP contribution in [0.15, 0.2) is 0 Å². The molecule has 0 aromatic carbocycles. The summed E-state index contributed by atoms with van der Waals surface area (Å²) < 4.78 is 0. The Hall–Kier alpha value is -0.760. The smallest absolute Gasteiger partial charge is 0.300 e. The topological polar surface area (TPSA) is 47.1 Å². The first-order chi connectivity index (χ1) is 10.6. The molecule has 2 aliphatic rings. The van der Waals surface area contributed by atoms with Crippen molar-refractivity contribution in [2.45, 2.75) is 39.0 Å². The van der Waals surface area contributed by atoms with Crippen LogP contribution in [0, 0.1) is 0 Å². The summed E-state index contributed by atoms with van der Waals surface area (Å²) in [7, 11) is 0. The summed E-state index contributed by atoms with van der Waals surface area (Å²) in [6, 6.07) is 0.0346. The van der Waals surface area contributed by atoms with Crippen LogP contribution in [0.5, 0.6) is 0 Å². The molecular weight excluding hydrogens is 320 g/mol. The van der Waals surface area contributed by atoms with Crippen LogP contribution in [0.4, 0.5) is 9.59 Å². The molecule has 22 heavy (non-hydrogen) atoms. The number of amides is 4. The lowest BCUT2D eigenvalue weighted by molar-refractivity contribution is 0.128. The molecule has 0 atom stereocenters. The van der Waals surface area contributed by atoms with Gasteiger partial charge >= 0.3 is 12.1 Å². The highest BCUT2D eigenvalue weighted by atomic mass is 32.1. The van der Waals surface area contributed by atoms with Crippen LogP contribution >= 0.6 is 25.3 Å². The number of thiol groups is 2. The highest BCUT2D eigenvalue weighted by Crippen LogP contribution is 2.35. The van der Waals surface area contributed by atoms with Gasteiger partial charge in [0.1, 0.15) is 12.3 Å². The van der Waals surface area contributed by atoms with E-state index in [2.05, 4.69) is 39.1 Å². The highest BCUT2D eigenvalue weighted by molar-refractivity contribution is 7.80. The molecule has 0 aromatic heterocycles. The van der Waals surface area contributed by atoms with Gasteiger partial charge in [-0.15, -0.1) is 0 Å². The molecule has 0 radical (unpaired) electrons. The SMILES string of the molecule is CCCN1C(=O)N(CCS)C2C1N(CCC)C(=O)N2CCS. The second-order valence-corrected chi connectivity index (χ2v) is 6.51. The molecule has 8 heteroatoms. The predicted octanol–water partition coefficient (Wildman–Crippen LogP) is 1.79. The lowest BCUT2D eigenvalue weighted by Gasteiger charge is -2.29. The molecule has 0 bridgehead atoms. The van der Waals surface area contributed by atoms with E-state index in [4.69, 9.17) is 0 Å². The Balaban J connectivity index is 2.36. The van der Waals surface area contributed by atoms with E-state index in [1.165, 1.54) is 0 Å². The fourth-order valence-electron chi connectivity index (χ4n) is 3.37. The lowest BCUT2D eigenvalue weighted by atomic mass is 10.3. The van der Waals surface area contributed by atoms with Crippen molar-refractivity contribution in [3.8, 4) is 0 Å². The summed E-state index contributed by atoms with van der Waals surface area (Å²) in [6.45, 7) is 6.56. The third-order valence-electron chi connectivity index (χ3n) is 4.14. The standard InChI is InChI=1S/C14H26N4O2S2/c1-3-5-15-11-12(17(7-9-21)13(15)19)18(8-10-22)14(20)16(11)6-4-2/h11-12,21-22H,3-10H2,1-2H3. The number of hydrogen-bond donors (Lipinski definition) is 2. The maximum absolute atomic E-state index is 12.7. The van der Waals surface area contributed by atoms with Gasteiger partial charge in [-0.1, -0.05) is 13.8 Å². The number of fused-ring (bicyclic) bond motifs is 1. The van der Waals surface area contributed by atoms with Crippen LogP contribution < -0.4 is 0 Å². The zero-order valence-corrected chi connectivity index (χ0v) is 15.1. The van der Waals surface area contributed by atoms with Crippen molar-refractivity contribution >= 4 is 37.3 Å². The summed E-state index contributed by atoms with van der Waals surface area (Å²) in [5.41, 5.74) is 0. The predicted molar refractivity (Wildman–Crippen MR) is 93.5 cm³/mol. The number of carbonyl (C=O) groups excluding carboxylic acids is 2. The average Bonchev–Trinajstić information content (AvgIpc) is 2.90. The highest BCUT2D eigenvalue weighted by Gasteiger charge is 2.57. The molecule has 0 unspecified atom stereocenters. The summed E-state index contributed by atoms with van der Waals surface area (Å²) in [4.78, 5) is 32.8. The summed E-state index contributed by atoms with van der Waals surface area (Å²) in [5, 5.41) is 0. The second-order valence-electron chi connectivity index (χ2n) is 5.61. The second kappa shape index (κ2) is 7.68. The van der Waals surface area contributed by atoms with Crippen LogP contribution in [0.1, 0.15) is 26.7 Å². The lowest BCUT2D eigenvalue weighted by Crippen LogP contribution is -2.48. The molecule has 126 valence electrons. The Bertz CT molecular complexity index is 354. The molecule has 0 aromatic rings. The third-order valence-corrected chi connectivity index (χ3v) is 4.54. The van der Waals surface area contributed by atoms with Crippen molar-refractivity contribution < 1.29 is 9.59 Å². The van der Waals surface area contributed by atoms with Crippen molar-refractivity contribution in [3.63, 3.8) is 0 Å². The van der Waals surface area contributed by atoms with E-state index in [1.54, 1.807) is 9.80 Å². The molecule has 6 nitrogen and oxygen atoms in total. The fourth-order valence-corrected chi connectivity index (χ4v) is 3.80. The van der Waals surface area contributed by atoms with Gasteiger partial charge < -0.3 is 9.80 Å². The number of rotatable bonds is 8. The molecular formula is C14H26N4O2S2. The van der Waals surface area contributed by atoms with Crippen LogP contribution in [-0.2, 0) is 0 Å². The molecule has 4 amide bonds. The van der Waals surface area contributed by atoms with Crippen molar-refractivity contribution in [1.29, 1.82) is 0 Å². The van der Waals surface area contributed by atoms with Gasteiger partial charge in [0, 0.05) is 37.7 Å². The molecule has 0 spiro atoms. The summed E-state index contributed by atoms with van der Waals surface area (Å²) in [5.74, 6) is 1.18. The zero-order valence-electron chi connectivity index (χ0n) is 13.3. The monoisotopic (exact) mass is 346 g/mol. The Labute approximate surface area is 143 Å². The molecule has 2 fully saturated rings. The Kier molecular flexibility index (Phi) is 6.14. The van der Waals surface area contributed by atoms with Crippen molar-refractivity contribution in [2.75, 3.05) is 37.7 Å². The van der Waals surface area contributed by atoms with Crippen molar-refractivity contribution in [1.82, 2.24) is 19.6 Å². The van der Waals surface area contributed by atoms with Gasteiger partial charge in [0.2, 0.25) is 0 Å². The first-order valence-electron chi connectivity index (χ1n) is 7.98. The van der Waals surface area contributed by atoms with E-state index in [-0.39, 0.29) is 24.4 Å². The third kappa shape index (κ3) is 2.87. The normalized spacial score (nSPS) is 24.7. The van der Waals surface area contributed by atoms with E-state index in [9.17, 15) is 9.59 Å². The Morgan fingerprint density at radius 2 is 1.05 bits per heavy atom. The fraction of sp³-hybridized carbons (Fsp3) is 0.857. The van der Waals surface area contributed by atoms with Gasteiger partial charge in [0.15, 0.2) is 0 Å². The van der Waals surface area contributed by atoms with Gasteiger partial charge in [-0.3, -0.25) is 9.80 Å². The largest absolute Gasteiger partial charge is 0.323 e. The van der Waals surface area contributed by atoms with E-state index >= 15 is 0 Å². The molecule has 0 aliphatic carbocycles. The zero-order chi connectivity index (χ0) is 16.3. The van der Waals surface area contributed by atoms with Crippen molar-refractivity contribution in [3.05, 3.63) is 0 Å². The van der Waals surface area contributed by atoms with E-state index < -0.39 is 0 Å². The van der Waals surface area contributed by atoms with Gasteiger partial charge in [0.05, 0.1) is 0 Å². The molecule has 2 heterocycles. The first-order valence-corrected chi connectivity index (χ1v) is 9.25. The number of nitrogens with zero attached hydrogens (tertiary/aromatic N) is 4. The van der Waals surface area contributed by atoms with Gasteiger partial charge in [-0.25, -0.2) is 9.59 Å². The minimum Gasteiger partial charge on any atom is -0.300 e. The summed E-state index contributed by atoms with van der Waals surface area (Å²) in [6.07, 6.45) is 1.37. The summed E-state index contributed by atoms with van der Waals surface area (Å²) >= 11 is 8.54. The first kappa shape index (κ1) is 17.6. The van der Waals surface area contributed by atoms with Crippen LogP contribution in [0.25, 0.3) is 0 Å². The minimum atomic E-state index is -0.211. The number of carbonyl (C=O) groups is 2. The van der Waals surface area contributed by atoms with Crippen molar-refractivity contribution in [2.24, 2.45) is 0 Å². The Morgan fingerprint density at radius 3 is 1.32 bits per heavy atom. The Morgan fingerprint density at radius 1 is 0.727 bits per heavy atom. The molecule has 0 saturated carbocycles. The van der Waals surface area contributed by atoms with Crippen LogP contribution in [0.3, 0.4) is 0 Å². The van der Waals surface area contributed by atoms with Gasteiger partial charge in [-0.2, -0.15) is 25.3 Å². The maximum Gasteiger partial charge on any atom is 0.323 e. The molecule has 2 saturated heterocycles. The molecule has 0 N–H and O–H groups in total. The van der Waals surface area contributed by atoms with E-state index in [1.807, 2.05) is 9.80 Å². The average molecular weight is 347 g/mol. The molecule has 2 rings (SSSR count). The quantitative estimate of drug-likeness (QED) is 0.658. The van der Waals surface area contributed by atoms with Crippen LogP contribution in [-0.4, -0.2) is 81.7 Å². The van der Waals surface area contributed by atoms with E-state index in [0.29, 0.717) is 37.7 Å².